The van der Waals surface area contributed by atoms with E-state index in [2.05, 4.69) is 125 Å². The van der Waals surface area contributed by atoms with Crippen molar-refractivity contribution in [3.63, 3.8) is 0 Å². The Morgan fingerprint density at radius 1 is 0.379 bits per heavy atom. The smallest absolute Gasteiger partial charge is 0.0226 e. The van der Waals surface area contributed by atoms with Gasteiger partial charge in [-0.3, -0.25) is 0 Å². The molecular weight excluding hydrogens is 540 g/mol. The van der Waals surface area contributed by atoms with E-state index in [1.807, 2.05) is 0 Å². The molecule has 0 N–H and O–H groups in total. The minimum atomic E-state index is -0.856. The van der Waals surface area contributed by atoms with Gasteiger partial charge in [0.15, 0.2) is 0 Å². The largest absolute Gasteiger partial charge is 0.327 e. The second-order valence-electron chi connectivity index (χ2n) is 12.9. The van der Waals surface area contributed by atoms with Gasteiger partial charge in [-0.1, -0.05) is 96.6 Å². The summed E-state index contributed by atoms with van der Waals surface area (Å²) in [7, 11) is -3.42. The minimum absolute atomic E-state index is 0. The Labute approximate surface area is 218 Å². The van der Waals surface area contributed by atoms with Crippen LogP contribution in [0.2, 0.25) is 78.6 Å². The normalized spacial score (nSPS) is 16.0. The maximum atomic E-state index is 2.65. The number of hydrogen-bond acceptors (Lipinski definition) is 0. The molecule has 0 atom stereocenters. The molecule has 1 aliphatic rings. The van der Waals surface area contributed by atoms with E-state index in [4.69, 9.17) is 0 Å². The summed E-state index contributed by atoms with van der Waals surface area (Å²) in [6.07, 6.45) is 0. The molecule has 0 spiro atoms. The van der Waals surface area contributed by atoms with E-state index in [-0.39, 0.29) is 35.6 Å². The first-order chi connectivity index (χ1) is 12.0. The molecule has 0 heterocycles. The molecule has 29 heavy (non-hydrogen) atoms. The quantitative estimate of drug-likeness (QED) is 0.226. The molecule has 0 aliphatic heterocycles. The predicted octanol–water partition coefficient (Wildman–Crippen LogP) is 9.16. The summed E-state index contributed by atoms with van der Waals surface area (Å²) in [6, 6.07) is 0. The van der Waals surface area contributed by atoms with Gasteiger partial charge in [-0.2, -0.15) is 0 Å². The van der Waals surface area contributed by atoms with E-state index in [9.17, 15) is 0 Å². The minimum Gasteiger partial charge on any atom is -0.327 e. The summed E-state index contributed by atoms with van der Waals surface area (Å²) in [6.45, 7) is 39.9. The van der Waals surface area contributed by atoms with Crippen molar-refractivity contribution in [2.24, 2.45) is 0 Å². The maximum absolute atomic E-state index is 2.65. The molecule has 0 fully saturated rings. The molecule has 0 aromatic rings. The molecule has 0 aromatic carbocycles. The van der Waals surface area contributed by atoms with Crippen LogP contribution in [0.15, 0.2) is 22.3 Å². The van der Waals surface area contributed by atoms with Gasteiger partial charge in [0, 0.05) is 41.5 Å². The van der Waals surface area contributed by atoms with E-state index in [1.165, 1.54) is 28.2 Å². The number of rotatable bonds is 4. The Morgan fingerprint density at radius 2 is 0.552 bits per heavy atom. The standard InChI is InChI=1S/C10H15.2C7H19Si2.La/c1-6-7(2)9(4)10(5)8(6)3;2*1-8(2,3)7-9(4,5)6;/h1-5H3;2*7H,1-6H3;/q;2*-1;. The number of hydrogen-bond donors (Lipinski definition) is 0. The van der Waals surface area contributed by atoms with Crippen molar-refractivity contribution in [2.45, 2.75) is 113 Å². The molecule has 0 unspecified atom stereocenters. The summed E-state index contributed by atoms with van der Waals surface area (Å²) in [5.74, 6) is 1.47. The molecule has 1 rings (SSSR count). The third-order valence-corrected chi connectivity index (χ3v) is 18.4. The van der Waals surface area contributed by atoms with Crippen LogP contribution in [0.5, 0.6) is 0 Å². The van der Waals surface area contributed by atoms with Crippen LogP contribution in [0.3, 0.4) is 0 Å². The van der Waals surface area contributed by atoms with Crippen molar-refractivity contribution >= 4 is 32.3 Å². The van der Waals surface area contributed by atoms with Crippen LogP contribution in [-0.4, -0.2) is 32.3 Å². The molecular formula is C24H53LaSi4-2. The number of allylic oxidation sites excluding steroid dienone is 4. The topological polar surface area (TPSA) is 0 Å². The first-order valence-electron chi connectivity index (χ1n) is 10.9. The van der Waals surface area contributed by atoms with Crippen molar-refractivity contribution in [3.05, 3.63) is 39.5 Å². The summed E-state index contributed by atoms with van der Waals surface area (Å²) in [5, 5.41) is 0. The molecule has 0 amide bonds. The zero-order chi connectivity index (χ0) is 23.3. The molecule has 170 valence electrons. The SMILES string of the molecule is C[C]1C(C)=C(C)C(C)=C1C.C[Si](C)(C)[CH-][Si](C)(C)C.C[Si](C)(C)[CH-][Si](C)(C)C.[La]. The van der Waals surface area contributed by atoms with Gasteiger partial charge in [0.05, 0.1) is 0 Å². The van der Waals surface area contributed by atoms with Crippen LogP contribution >= 0.6 is 0 Å². The predicted molar refractivity (Wildman–Crippen MR) is 148 cm³/mol. The van der Waals surface area contributed by atoms with Crippen molar-refractivity contribution in [1.29, 1.82) is 0 Å². The molecule has 2 radical (unpaired) electrons. The van der Waals surface area contributed by atoms with Crippen molar-refractivity contribution < 1.29 is 35.6 Å². The average Bonchev–Trinajstić information content (AvgIpc) is 2.50. The Balaban J connectivity index is -0.000000345. The van der Waals surface area contributed by atoms with Crippen LogP contribution in [0, 0.1) is 52.9 Å². The first-order valence-corrected chi connectivity index (χ1v) is 25.2. The monoisotopic (exact) mass is 592 g/mol. The Bertz CT molecular complexity index is 473. The van der Waals surface area contributed by atoms with Crippen LogP contribution in [0.25, 0.3) is 0 Å². The molecule has 0 saturated heterocycles. The fourth-order valence-electron chi connectivity index (χ4n) is 4.00. The van der Waals surface area contributed by atoms with Gasteiger partial charge in [0.25, 0.3) is 0 Å². The molecule has 1 aliphatic carbocycles. The third kappa shape index (κ3) is 19.9. The average molecular weight is 593 g/mol. The summed E-state index contributed by atoms with van der Waals surface area (Å²) in [4.78, 5) is 0. The second kappa shape index (κ2) is 13.3. The van der Waals surface area contributed by atoms with Crippen molar-refractivity contribution in [2.75, 3.05) is 0 Å². The molecule has 0 aromatic heterocycles. The van der Waals surface area contributed by atoms with E-state index in [0.29, 0.717) is 0 Å². The van der Waals surface area contributed by atoms with Crippen LogP contribution in [-0.2, 0) is 0 Å². The van der Waals surface area contributed by atoms with E-state index in [1.54, 1.807) is 0 Å². The zero-order valence-electron chi connectivity index (χ0n) is 23.2. The maximum Gasteiger partial charge on any atom is 0.0226 e. The van der Waals surface area contributed by atoms with E-state index in [0.717, 1.165) is 0 Å². The summed E-state index contributed by atoms with van der Waals surface area (Å²) in [5.41, 5.74) is 11.2. The van der Waals surface area contributed by atoms with E-state index >= 15 is 0 Å². The third-order valence-electron chi connectivity index (χ3n) is 4.54. The van der Waals surface area contributed by atoms with Gasteiger partial charge in [0.1, 0.15) is 0 Å². The summed E-state index contributed by atoms with van der Waals surface area (Å²) >= 11 is 0. The molecule has 0 bridgehead atoms. The van der Waals surface area contributed by atoms with Crippen LogP contribution in [0.4, 0.5) is 0 Å². The Morgan fingerprint density at radius 3 is 0.586 bits per heavy atom. The van der Waals surface area contributed by atoms with Gasteiger partial charge >= 0.3 is 0 Å². The first kappa shape index (κ1) is 35.1. The van der Waals surface area contributed by atoms with E-state index < -0.39 is 32.3 Å². The van der Waals surface area contributed by atoms with Gasteiger partial charge in [-0.25, -0.2) is 0 Å². The molecule has 0 saturated carbocycles. The zero-order valence-corrected chi connectivity index (χ0v) is 30.9. The van der Waals surface area contributed by atoms with Crippen molar-refractivity contribution in [3.8, 4) is 0 Å². The van der Waals surface area contributed by atoms with Crippen LogP contribution < -0.4 is 0 Å². The van der Waals surface area contributed by atoms with Gasteiger partial charge in [0.2, 0.25) is 0 Å². The fraction of sp³-hybridized carbons (Fsp3) is 0.708. The summed E-state index contributed by atoms with van der Waals surface area (Å²) < 4.78 is 0. The Hall–Kier alpha value is 1.54. The second-order valence-corrected chi connectivity index (χ2v) is 34.1. The fourth-order valence-corrected chi connectivity index (χ4v) is 24.8. The van der Waals surface area contributed by atoms with Crippen LogP contribution in [0.1, 0.15) is 34.6 Å². The molecule has 5 heteroatoms. The molecule has 0 nitrogen and oxygen atoms in total. The van der Waals surface area contributed by atoms with Gasteiger partial charge in [-0.05, 0) is 38.8 Å². The Kier molecular flexibility index (Phi) is 16.1. The van der Waals surface area contributed by atoms with Gasteiger partial charge < -0.3 is 11.3 Å². The van der Waals surface area contributed by atoms with Crippen molar-refractivity contribution in [1.82, 2.24) is 0 Å². The van der Waals surface area contributed by atoms with Gasteiger partial charge in [-0.15, -0.1) is 32.3 Å².